The van der Waals surface area contributed by atoms with Gasteiger partial charge in [0, 0.05) is 40.8 Å². The van der Waals surface area contributed by atoms with Crippen LogP contribution in [0.4, 0.5) is 0 Å². The first-order chi connectivity index (χ1) is 20.9. The molecule has 2 heterocycles. The van der Waals surface area contributed by atoms with E-state index in [1.165, 1.54) is 25.7 Å². The number of hydrogen-bond acceptors (Lipinski definition) is 6. The highest BCUT2D eigenvalue weighted by atomic mass is 16.7. The van der Waals surface area contributed by atoms with Crippen molar-refractivity contribution in [3.63, 3.8) is 0 Å². The zero-order valence-corrected chi connectivity index (χ0v) is 31.6. The summed E-state index contributed by atoms with van der Waals surface area (Å²) in [5, 5.41) is 0. The first-order valence-electron chi connectivity index (χ1n) is 17.7. The molecule has 0 radical (unpaired) electrons. The van der Waals surface area contributed by atoms with Gasteiger partial charge in [0.05, 0.1) is 12.2 Å². The van der Waals surface area contributed by atoms with Gasteiger partial charge in [0.1, 0.15) is 13.6 Å². The number of likely N-dealkylation sites (tertiary alicyclic amines) is 2. The Balaban J connectivity index is 0.000000975. The first-order valence-corrected chi connectivity index (χ1v) is 17.7. The molecule has 2 aliphatic rings. The van der Waals surface area contributed by atoms with Gasteiger partial charge in [0.15, 0.2) is 0 Å². The van der Waals surface area contributed by atoms with Crippen molar-refractivity contribution in [2.75, 3.05) is 40.9 Å². The van der Waals surface area contributed by atoms with Crippen LogP contribution < -0.4 is 0 Å². The van der Waals surface area contributed by atoms with Crippen LogP contribution in [-0.4, -0.2) is 85.1 Å². The molecule has 0 saturated carbocycles. The predicted molar refractivity (Wildman–Crippen MR) is 193 cm³/mol. The van der Waals surface area contributed by atoms with Gasteiger partial charge < -0.3 is 18.9 Å². The average Bonchev–Trinajstić information content (AvgIpc) is 2.96. The molecule has 6 heteroatoms. The molecule has 6 nitrogen and oxygen atoms in total. The summed E-state index contributed by atoms with van der Waals surface area (Å²) in [6, 6.07) is 0. The Morgan fingerprint density at radius 1 is 0.578 bits per heavy atom. The van der Waals surface area contributed by atoms with Crippen molar-refractivity contribution in [3.05, 3.63) is 38.0 Å². The van der Waals surface area contributed by atoms with Crippen LogP contribution in [0.3, 0.4) is 0 Å². The quantitative estimate of drug-likeness (QED) is 0.0801. The summed E-state index contributed by atoms with van der Waals surface area (Å²) in [5.41, 5.74) is 0.592. The summed E-state index contributed by atoms with van der Waals surface area (Å²) in [6.07, 6.45) is 18.6. The normalized spacial score (nSPS) is 21.9. The van der Waals surface area contributed by atoms with E-state index in [1.54, 1.807) is 0 Å². The molecule has 0 bridgehead atoms. The van der Waals surface area contributed by atoms with Crippen LogP contribution in [0, 0.1) is 5.41 Å². The van der Waals surface area contributed by atoms with Crippen LogP contribution >= 0.6 is 0 Å². The largest absolute Gasteiger partial charge is 0.355 e. The van der Waals surface area contributed by atoms with E-state index in [0.29, 0.717) is 13.6 Å². The molecule has 0 spiro atoms. The van der Waals surface area contributed by atoms with Crippen LogP contribution in [0.25, 0.3) is 0 Å². The van der Waals surface area contributed by atoms with Crippen molar-refractivity contribution in [2.24, 2.45) is 5.41 Å². The fourth-order valence-electron chi connectivity index (χ4n) is 7.00. The molecule has 0 N–H and O–H groups in total. The van der Waals surface area contributed by atoms with E-state index in [-0.39, 0.29) is 39.8 Å². The van der Waals surface area contributed by atoms with Crippen LogP contribution in [0.2, 0.25) is 0 Å². The third kappa shape index (κ3) is 13.9. The monoisotopic (exact) mass is 635 g/mol. The second-order valence-electron chi connectivity index (χ2n) is 16.0. The standard InChI is InChI=1S/C30H60N2O4.C9H14/c1-27(2)19-25(20-28(3,4)31(27)9)35-23-33-17-15-13-11-12-14-16-18-34-24-36-26-21-29(5,6)32(10)30(7,8)22-26;1-5-9(6-2,7-3)8-4/h25-26H,11-24H2,1-10H3;5-7H,1-3,8H2,4H3. The first kappa shape index (κ1) is 42.0. The molecule has 2 fully saturated rings. The maximum absolute atomic E-state index is 6.08. The fraction of sp³-hybridized carbons (Fsp3) is 0.846. The van der Waals surface area contributed by atoms with E-state index >= 15 is 0 Å². The molecule has 2 saturated heterocycles. The van der Waals surface area contributed by atoms with Gasteiger partial charge in [-0.15, -0.1) is 19.7 Å². The average molecular weight is 635 g/mol. The molecule has 0 aromatic rings. The number of ether oxygens (including phenoxy) is 4. The molecule has 0 amide bonds. The van der Waals surface area contributed by atoms with Gasteiger partial charge in [0.25, 0.3) is 0 Å². The number of rotatable bonds is 19. The lowest BCUT2D eigenvalue weighted by Crippen LogP contribution is -2.60. The van der Waals surface area contributed by atoms with Gasteiger partial charge in [-0.2, -0.15) is 0 Å². The molecule has 0 atom stereocenters. The summed E-state index contributed by atoms with van der Waals surface area (Å²) in [5.74, 6) is 0. The molecular formula is C39H74N2O4. The number of hydrogen-bond donors (Lipinski definition) is 0. The van der Waals surface area contributed by atoms with E-state index in [0.717, 1.165) is 58.2 Å². The SMILES string of the molecule is C=CC(C=C)(C=C)CC.CN1C(C)(C)CC(OCOCCCCCCCCOCOC2CC(C)(C)N(C)C(C)(C)C2)CC1(C)C. The molecule has 264 valence electrons. The fourth-order valence-corrected chi connectivity index (χ4v) is 7.00. The van der Waals surface area contributed by atoms with Gasteiger partial charge in [-0.05, 0) is 114 Å². The highest BCUT2D eigenvalue weighted by molar-refractivity contribution is 5.15. The number of nitrogens with zero attached hydrogens (tertiary/aromatic N) is 2. The van der Waals surface area contributed by atoms with Crippen molar-refractivity contribution < 1.29 is 18.9 Å². The summed E-state index contributed by atoms with van der Waals surface area (Å²) in [4.78, 5) is 4.97. The third-order valence-electron chi connectivity index (χ3n) is 10.9. The topological polar surface area (TPSA) is 43.4 Å². The minimum atomic E-state index is -0.0417. The smallest absolute Gasteiger partial charge is 0.147 e. The zero-order valence-electron chi connectivity index (χ0n) is 31.6. The Kier molecular flexibility index (Phi) is 17.8. The lowest BCUT2D eigenvalue weighted by molar-refractivity contribution is -0.144. The van der Waals surface area contributed by atoms with E-state index in [4.69, 9.17) is 18.9 Å². The predicted octanol–water partition coefficient (Wildman–Crippen LogP) is 9.55. The van der Waals surface area contributed by atoms with Gasteiger partial charge in [-0.3, -0.25) is 9.80 Å². The van der Waals surface area contributed by atoms with E-state index in [9.17, 15) is 0 Å². The highest BCUT2D eigenvalue weighted by Crippen LogP contribution is 2.39. The molecule has 0 aliphatic carbocycles. The lowest BCUT2D eigenvalue weighted by atomic mass is 9.79. The van der Waals surface area contributed by atoms with E-state index < -0.39 is 0 Å². The van der Waals surface area contributed by atoms with Crippen LogP contribution in [0.5, 0.6) is 0 Å². The Hall–Kier alpha value is -1.02. The van der Waals surface area contributed by atoms with Gasteiger partial charge in [0.2, 0.25) is 0 Å². The van der Waals surface area contributed by atoms with E-state index in [1.807, 2.05) is 18.2 Å². The van der Waals surface area contributed by atoms with Crippen molar-refractivity contribution in [3.8, 4) is 0 Å². The molecule has 0 aromatic heterocycles. The van der Waals surface area contributed by atoms with Crippen molar-refractivity contribution in [2.45, 2.75) is 167 Å². The summed E-state index contributed by atoms with van der Waals surface area (Å²) < 4.78 is 23.7. The van der Waals surface area contributed by atoms with Crippen molar-refractivity contribution in [1.29, 1.82) is 0 Å². The van der Waals surface area contributed by atoms with Gasteiger partial charge in [-0.25, -0.2) is 0 Å². The van der Waals surface area contributed by atoms with Crippen molar-refractivity contribution in [1.82, 2.24) is 9.80 Å². The third-order valence-corrected chi connectivity index (χ3v) is 10.9. The number of piperidine rings is 2. The second kappa shape index (κ2) is 19.1. The van der Waals surface area contributed by atoms with Gasteiger partial charge >= 0.3 is 0 Å². The molecule has 45 heavy (non-hydrogen) atoms. The van der Waals surface area contributed by atoms with Crippen molar-refractivity contribution >= 4 is 0 Å². The zero-order chi connectivity index (χ0) is 34.4. The lowest BCUT2D eigenvalue weighted by Gasteiger charge is -2.53. The van der Waals surface area contributed by atoms with Crippen LogP contribution in [0.15, 0.2) is 38.0 Å². The van der Waals surface area contributed by atoms with Crippen LogP contribution in [0.1, 0.15) is 133 Å². The minimum Gasteiger partial charge on any atom is -0.355 e. The molecule has 0 aromatic carbocycles. The Morgan fingerprint density at radius 2 is 0.867 bits per heavy atom. The maximum Gasteiger partial charge on any atom is 0.147 e. The molecule has 2 aliphatic heterocycles. The summed E-state index contributed by atoms with van der Waals surface area (Å²) in [6.45, 7) is 34.1. The second-order valence-corrected chi connectivity index (χ2v) is 16.0. The summed E-state index contributed by atoms with van der Waals surface area (Å²) >= 11 is 0. The Labute approximate surface area is 280 Å². The molecular weight excluding hydrogens is 560 g/mol. The Bertz CT molecular complexity index is 753. The number of unbranched alkanes of at least 4 members (excludes halogenated alkanes) is 5. The molecule has 0 unspecified atom stereocenters. The van der Waals surface area contributed by atoms with Gasteiger partial charge in [-0.1, -0.05) is 50.8 Å². The van der Waals surface area contributed by atoms with Crippen LogP contribution in [-0.2, 0) is 18.9 Å². The highest BCUT2D eigenvalue weighted by Gasteiger charge is 2.44. The maximum atomic E-state index is 6.08. The molecule has 2 rings (SSSR count). The number of allylic oxidation sites excluding steroid dienone is 3. The summed E-state index contributed by atoms with van der Waals surface area (Å²) in [7, 11) is 4.46. The Morgan fingerprint density at radius 3 is 1.11 bits per heavy atom. The van der Waals surface area contributed by atoms with E-state index in [2.05, 4.69) is 106 Å². The minimum absolute atomic E-state index is 0.0417.